The molecule has 3 heteroatoms. The Labute approximate surface area is 111 Å². The van der Waals surface area contributed by atoms with Gasteiger partial charge in [0.15, 0.2) is 0 Å². The SMILES string of the molecule is CC1(Nc2ccc(C#N)c(Br)c2)CCCCC1. The van der Waals surface area contributed by atoms with Gasteiger partial charge in [0.05, 0.1) is 5.56 Å². The molecule has 90 valence electrons. The van der Waals surface area contributed by atoms with Crippen LogP contribution in [0.15, 0.2) is 22.7 Å². The molecule has 0 bridgehead atoms. The molecule has 1 fully saturated rings. The number of nitrogens with one attached hydrogen (secondary N) is 1. The lowest BCUT2D eigenvalue weighted by Gasteiger charge is -2.35. The number of halogens is 1. The van der Waals surface area contributed by atoms with Crippen LogP contribution in [-0.4, -0.2) is 5.54 Å². The Kier molecular flexibility index (Phi) is 3.73. The first kappa shape index (κ1) is 12.4. The Morgan fingerprint density at radius 3 is 2.59 bits per heavy atom. The van der Waals surface area contributed by atoms with Crippen LogP contribution in [-0.2, 0) is 0 Å². The Balaban J connectivity index is 2.13. The van der Waals surface area contributed by atoms with Crippen molar-refractivity contribution >= 4 is 21.6 Å². The minimum Gasteiger partial charge on any atom is -0.380 e. The number of anilines is 1. The molecule has 1 N–H and O–H groups in total. The third-order valence-corrected chi connectivity index (χ3v) is 4.15. The number of nitrogens with zero attached hydrogens (tertiary/aromatic N) is 1. The van der Waals surface area contributed by atoms with E-state index in [4.69, 9.17) is 5.26 Å². The van der Waals surface area contributed by atoms with Crippen molar-refractivity contribution in [2.45, 2.75) is 44.6 Å². The Morgan fingerprint density at radius 1 is 1.29 bits per heavy atom. The van der Waals surface area contributed by atoms with E-state index in [2.05, 4.69) is 34.2 Å². The van der Waals surface area contributed by atoms with Gasteiger partial charge in [-0.2, -0.15) is 5.26 Å². The summed E-state index contributed by atoms with van der Waals surface area (Å²) in [7, 11) is 0. The third kappa shape index (κ3) is 3.01. The molecule has 2 nitrogen and oxygen atoms in total. The van der Waals surface area contributed by atoms with Crippen LogP contribution in [0.5, 0.6) is 0 Å². The average molecular weight is 293 g/mol. The van der Waals surface area contributed by atoms with Crippen LogP contribution < -0.4 is 5.32 Å². The molecule has 2 rings (SSSR count). The zero-order valence-corrected chi connectivity index (χ0v) is 11.7. The van der Waals surface area contributed by atoms with E-state index in [-0.39, 0.29) is 5.54 Å². The van der Waals surface area contributed by atoms with Crippen LogP contribution in [0, 0.1) is 11.3 Å². The molecular weight excluding hydrogens is 276 g/mol. The van der Waals surface area contributed by atoms with E-state index in [1.54, 1.807) is 0 Å². The molecule has 0 aliphatic heterocycles. The van der Waals surface area contributed by atoms with Gasteiger partial charge < -0.3 is 5.32 Å². The molecule has 1 aromatic rings. The van der Waals surface area contributed by atoms with Crippen LogP contribution in [0.1, 0.15) is 44.6 Å². The highest BCUT2D eigenvalue weighted by molar-refractivity contribution is 9.10. The predicted octanol–water partition coefficient (Wildman–Crippen LogP) is 4.46. The van der Waals surface area contributed by atoms with Crippen LogP contribution >= 0.6 is 15.9 Å². The van der Waals surface area contributed by atoms with Gasteiger partial charge in [0.25, 0.3) is 0 Å². The number of rotatable bonds is 2. The minimum absolute atomic E-state index is 0.214. The van der Waals surface area contributed by atoms with Gasteiger partial charge in [-0.05, 0) is 53.9 Å². The van der Waals surface area contributed by atoms with Crippen molar-refractivity contribution in [1.82, 2.24) is 0 Å². The average Bonchev–Trinajstić information content (AvgIpc) is 2.29. The largest absolute Gasteiger partial charge is 0.380 e. The zero-order valence-electron chi connectivity index (χ0n) is 10.1. The lowest BCUT2D eigenvalue weighted by molar-refractivity contribution is 0.349. The van der Waals surface area contributed by atoms with Gasteiger partial charge in [0, 0.05) is 15.7 Å². The van der Waals surface area contributed by atoms with E-state index < -0.39 is 0 Å². The highest BCUT2D eigenvalue weighted by Gasteiger charge is 2.26. The van der Waals surface area contributed by atoms with Crippen molar-refractivity contribution in [3.8, 4) is 6.07 Å². The molecule has 0 atom stereocenters. The van der Waals surface area contributed by atoms with Crippen molar-refractivity contribution < 1.29 is 0 Å². The standard InChI is InChI=1S/C14H17BrN2/c1-14(7-3-2-4-8-14)17-12-6-5-11(10-16)13(15)9-12/h5-6,9,17H,2-4,7-8H2,1H3. The number of hydrogen-bond acceptors (Lipinski definition) is 2. The highest BCUT2D eigenvalue weighted by atomic mass is 79.9. The van der Waals surface area contributed by atoms with Crippen LogP contribution in [0.25, 0.3) is 0 Å². The molecule has 0 unspecified atom stereocenters. The molecule has 0 aromatic heterocycles. The van der Waals surface area contributed by atoms with E-state index in [0.29, 0.717) is 5.56 Å². The van der Waals surface area contributed by atoms with Gasteiger partial charge in [-0.3, -0.25) is 0 Å². The Hall–Kier alpha value is -1.01. The first-order valence-corrected chi connectivity index (χ1v) is 6.90. The lowest BCUT2D eigenvalue weighted by atomic mass is 9.83. The van der Waals surface area contributed by atoms with E-state index in [1.807, 2.05) is 18.2 Å². The van der Waals surface area contributed by atoms with Crippen molar-refractivity contribution in [3.05, 3.63) is 28.2 Å². The van der Waals surface area contributed by atoms with Crippen molar-refractivity contribution in [1.29, 1.82) is 5.26 Å². The molecule has 0 heterocycles. The molecule has 1 saturated carbocycles. The van der Waals surface area contributed by atoms with E-state index in [0.717, 1.165) is 10.2 Å². The fourth-order valence-corrected chi connectivity index (χ4v) is 2.96. The summed E-state index contributed by atoms with van der Waals surface area (Å²) in [5, 5.41) is 12.5. The maximum absolute atomic E-state index is 8.88. The first-order valence-electron chi connectivity index (χ1n) is 6.11. The summed E-state index contributed by atoms with van der Waals surface area (Å²) in [5.74, 6) is 0. The second-order valence-corrected chi connectivity index (χ2v) is 5.91. The summed E-state index contributed by atoms with van der Waals surface area (Å²) in [6.45, 7) is 2.29. The molecule has 1 aliphatic rings. The van der Waals surface area contributed by atoms with Crippen molar-refractivity contribution in [3.63, 3.8) is 0 Å². The monoisotopic (exact) mass is 292 g/mol. The van der Waals surface area contributed by atoms with E-state index in [9.17, 15) is 0 Å². The Bertz CT molecular complexity index is 442. The minimum atomic E-state index is 0.214. The number of benzene rings is 1. The van der Waals surface area contributed by atoms with Crippen LogP contribution in [0.2, 0.25) is 0 Å². The van der Waals surface area contributed by atoms with E-state index >= 15 is 0 Å². The smallest absolute Gasteiger partial charge is 0.100 e. The first-order chi connectivity index (χ1) is 8.13. The fourth-order valence-electron chi connectivity index (χ4n) is 2.49. The summed E-state index contributed by atoms with van der Waals surface area (Å²) >= 11 is 3.43. The molecule has 1 aliphatic carbocycles. The van der Waals surface area contributed by atoms with Crippen molar-refractivity contribution in [2.75, 3.05) is 5.32 Å². The molecular formula is C14H17BrN2. The normalized spacial score (nSPS) is 18.4. The quantitative estimate of drug-likeness (QED) is 0.874. The van der Waals surface area contributed by atoms with Gasteiger partial charge in [-0.15, -0.1) is 0 Å². The zero-order chi connectivity index (χ0) is 12.3. The Morgan fingerprint density at radius 2 is 2.00 bits per heavy atom. The summed E-state index contributed by atoms with van der Waals surface area (Å²) in [4.78, 5) is 0. The van der Waals surface area contributed by atoms with Gasteiger partial charge in [-0.1, -0.05) is 19.3 Å². The highest BCUT2D eigenvalue weighted by Crippen LogP contribution is 2.32. The van der Waals surface area contributed by atoms with Gasteiger partial charge >= 0.3 is 0 Å². The molecule has 1 aromatic carbocycles. The number of nitriles is 1. The van der Waals surface area contributed by atoms with E-state index in [1.165, 1.54) is 32.1 Å². The van der Waals surface area contributed by atoms with Crippen LogP contribution in [0.4, 0.5) is 5.69 Å². The molecule has 0 amide bonds. The molecule has 17 heavy (non-hydrogen) atoms. The van der Waals surface area contributed by atoms with Crippen molar-refractivity contribution in [2.24, 2.45) is 0 Å². The summed E-state index contributed by atoms with van der Waals surface area (Å²) < 4.78 is 0.865. The maximum atomic E-state index is 8.88. The second-order valence-electron chi connectivity index (χ2n) is 5.05. The topological polar surface area (TPSA) is 35.8 Å². The summed E-state index contributed by atoms with van der Waals surface area (Å²) in [6.07, 6.45) is 6.42. The van der Waals surface area contributed by atoms with Gasteiger partial charge in [0.2, 0.25) is 0 Å². The summed E-state index contributed by atoms with van der Waals surface area (Å²) in [5.41, 5.74) is 2.00. The van der Waals surface area contributed by atoms with Gasteiger partial charge in [0.1, 0.15) is 6.07 Å². The predicted molar refractivity (Wildman–Crippen MR) is 74.0 cm³/mol. The number of hydrogen-bond donors (Lipinski definition) is 1. The molecule has 0 spiro atoms. The second kappa shape index (κ2) is 5.10. The van der Waals surface area contributed by atoms with Gasteiger partial charge in [-0.25, -0.2) is 0 Å². The lowest BCUT2D eigenvalue weighted by Crippen LogP contribution is -2.36. The fraction of sp³-hybridized carbons (Fsp3) is 0.500. The van der Waals surface area contributed by atoms with Crippen LogP contribution in [0.3, 0.4) is 0 Å². The molecule has 0 radical (unpaired) electrons. The maximum Gasteiger partial charge on any atom is 0.100 e. The third-order valence-electron chi connectivity index (χ3n) is 3.49. The molecule has 0 saturated heterocycles. The summed E-state index contributed by atoms with van der Waals surface area (Å²) in [6, 6.07) is 8.01.